The average Bonchev–Trinajstić information content (AvgIpc) is 2.35. The van der Waals surface area contributed by atoms with Gasteiger partial charge in [0.25, 0.3) is 0 Å². The van der Waals surface area contributed by atoms with Crippen molar-refractivity contribution in [2.24, 2.45) is 0 Å². The molecule has 1 saturated carbocycles. The van der Waals surface area contributed by atoms with E-state index >= 15 is 0 Å². The smallest absolute Gasteiger partial charge is 0.0147 e. The third kappa shape index (κ3) is 5.39. The largest absolute Gasteiger partial charge is 0.314 e. The first kappa shape index (κ1) is 15.0. The van der Waals surface area contributed by atoms with E-state index in [1.54, 1.807) is 0 Å². The van der Waals surface area contributed by atoms with Crippen molar-refractivity contribution in [3.05, 3.63) is 0 Å². The van der Waals surface area contributed by atoms with E-state index in [0.717, 1.165) is 6.04 Å². The highest BCUT2D eigenvalue weighted by Crippen LogP contribution is 2.18. The molecule has 0 bridgehead atoms. The van der Waals surface area contributed by atoms with Gasteiger partial charge in [-0.2, -0.15) is 0 Å². The Labute approximate surface area is 108 Å². The van der Waals surface area contributed by atoms with Crippen LogP contribution in [0.25, 0.3) is 0 Å². The topological polar surface area (TPSA) is 15.3 Å². The van der Waals surface area contributed by atoms with Crippen molar-refractivity contribution in [3.63, 3.8) is 0 Å². The minimum atomic E-state index is 0.352. The third-order valence-corrected chi connectivity index (χ3v) is 4.61. The molecule has 0 unspecified atom stereocenters. The maximum atomic E-state index is 3.72. The van der Waals surface area contributed by atoms with Gasteiger partial charge < -0.3 is 10.2 Å². The summed E-state index contributed by atoms with van der Waals surface area (Å²) < 4.78 is 0. The molecule has 0 aromatic carbocycles. The second-order valence-electron chi connectivity index (χ2n) is 6.23. The number of hydrogen-bond donors (Lipinski definition) is 1. The lowest BCUT2D eigenvalue weighted by atomic mass is 9.95. The van der Waals surface area contributed by atoms with Crippen molar-refractivity contribution in [2.45, 2.75) is 77.3 Å². The van der Waals surface area contributed by atoms with Crippen LogP contribution in [0.5, 0.6) is 0 Å². The van der Waals surface area contributed by atoms with Crippen LogP contribution in [0.3, 0.4) is 0 Å². The lowest BCUT2D eigenvalue weighted by Gasteiger charge is -2.35. The monoisotopic (exact) mass is 240 g/mol. The molecule has 0 aromatic heterocycles. The predicted octanol–water partition coefficient (Wildman–Crippen LogP) is 3.42. The van der Waals surface area contributed by atoms with Gasteiger partial charge in [0.15, 0.2) is 0 Å². The van der Waals surface area contributed by atoms with Gasteiger partial charge in [-0.25, -0.2) is 0 Å². The molecule has 0 heterocycles. The third-order valence-electron chi connectivity index (χ3n) is 4.61. The van der Waals surface area contributed by atoms with Crippen LogP contribution in [-0.4, -0.2) is 36.6 Å². The van der Waals surface area contributed by atoms with Crippen molar-refractivity contribution in [1.82, 2.24) is 10.2 Å². The summed E-state index contributed by atoms with van der Waals surface area (Å²) in [6.07, 6.45) is 9.61. The molecule has 0 aromatic rings. The van der Waals surface area contributed by atoms with Crippen molar-refractivity contribution < 1.29 is 0 Å². The van der Waals surface area contributed by atoms with Gasteiger partial charge in [0, 0.05) is 11.6 Å². The minimum absolute atomic E-state index is 0.352. The van der Waals surface area contributed by atoms with E-state index in [1.165, 1.54) is 58.0 Å². The molecule has 0 amide bonds. The summed E-state index contributed by atoms with van der Waals surface area (Å²) in [4.78, 5) is 2.50. The molecule has 102 valence electrons. The lowest BCUT2D eigenvalue weighted by molar-refractivity contribution is 0.148. The molecule has 1 rings (SSSR count). The van der Waals surface area contributed by atoms with Gasteiger partial charge in [-0.1, -0.05) is 26.2 Å². The SMILES string of the molecule is CCC(C)(C)N(C)CCCNC1CCCCC1. The van der Waals surface area contributed by atoms with E-state index < -0.39 is 0 Å². The predicted molar refractivity (Wildman–Crippen MR) is 76.5 cm³/mol. The average molecular weight is 240 g/mol. The number of rotatable bonds is 7. The molecular weight excluding hydrogens is 208 g/mol. The molecule has 1 fully saturated rings. The quantitative estimate of drug-likeness (QED) is 0.686. The Balaban J connectivity index is 2.07. The van der Waals surface area contributed by atoms with Crippen LogP contribution in [0.4, 0.5) is 0 Å². The first-order valence-electron chi connectivity index (χ1n) is 7.51. The summed E-state index contributed by atoms with van der Waals surface area (Å²) in [5.41, 5.74) is 0.352. The zero-order chi connectivity index (χ0) is 12.7. The normalized spacial score (nSPS) is 18.9. The second-order valence-corrected chi connectivity index (χ2v) is 6.23. The highest BCUT2D eigenvalue weighted by molar-refractivity contribution is 4.77. The van der Waals surface area contributed by atoms with E-state index in [4.69, 9.17) is 0 Å². The number of hydrogen-bond acceptors (Lipinski definition) is 2. The van der Waals surface area contributed by atoms with Gasteiger partial charge in [-0.05, 0) is 59.7 Å². The van der Waals surface area contributed by atoms with E-state index in [9.17, 15) is 0 Å². The van der Waals surface area contributed by atoms with Crippen LogP contribution in [0, 0.1) is 0 Å². The molecule has 0 atom stereocenters. The van der Waals surface area contributed by atoms with Crippen molar-refractivity contribution >= 4 is 0 Å². The minimum Gasteiger partial charge on any atom is -0.314 e. The summed E-state index contributed by atoms with van der Waals surface area (Å²) in [7, 11) is 2.25. The van der Waals surface area contributed by atoms with Crippen molar-refractivity contribution in [1.29, 1.82) is 0 Å². The molecule has 2 heteroatoms. The highest BCUT2D eigenvalue weighted by Gasteiger charge is 2.20. The number of nitrogens with zero attached hydrogens (tertiary/aromatic N) is 1. The zero-order valence-electron chi connectivity index (χ0n) is 12.4. The molecule has 0 aliphatic heterocycles. The van der Waals surface area contributed by atoms with Crippen LogP contribution in [0.2, 0.25) is 0 Å². The molecule has 2 nitrogen and oxygen atoms in total. The maximum Gasteiger partial charge on any atom is 0.0147 e. The van der Waals surface area contributed by atoms with Gasteiger partial charge in [0.1, 0.15) is 0 Å². The van der Waals surface area contributed by atoms with Gasteiger partial charge in [-0.15, -0.1) is 0 Å². The Morgan fingerprint density at radius 2 is 1.82 bits per heavy atom. The summed E-state index contributed by atoms with van der Waals surface area (Å²) in [5, 5.41) is 3.72. The molecule has 17 heavy (non-hydrogen) atoms. The van der Waals surface area contributed by atoms with Crippen LogP contribution < -0.4 is 5.32 Å². The molecular formula is C15H32N2. The molecule has 1 aliphatic rings. The van der Waals surface area contributed by atoms with E-state index in [-0.39, 0.29) is 0 Å². The summed E-state index contributed by atoms with van der Waals surface area (Å²) in [6, 6.07) is 0.813. The van der Waals surface area contributed by atoms with Crippen LogP contribution in [-0.2, 0) is 0 Å². The molecule has 0 spiro atoms. The zero-order valence-corrected chi connectivity index (χ0v) is 12.4. The fraction of sp³-hybridized carbons (Fsp3) is 1.00. The Bertz CT molecular complexity index is 195. The van der Waals surface area contributed by atoms with Gasteiger partial charge >= 0.3 is 0 Å². The molecule has 0 saturated heterocycles. The standard InChI is InChI=1S/C15H32N2/c1-5-15(2,3)17(4)13-9-12-16-14-10-7-6-8-11-14/h14,16H,5-13H2,1-4H3. The molecule has 1 aliphatic carbocycles. The lowest BCUT2D eigenvalue weighted by Crippen LogP contribution is -2.42. The van der Waals surface area contributed by atoms with Crippen molar-refractivity contribution in [2.75, 3.05) is 20.1 Å². The van der Waals surface area contributed by atoms with Crippen molar-refractivity contribution in [3.8, 4) is 0 Å². The van der Waals surface area contributed by atoms with Gasteiger partial charge in [0.2, 0.25) is 0 Å². The fourth-order valence-corrected chi connectivity index (χ4v) is 2.50. The summed E-state index contributed by atoms with van der Waals surface area (Å²) in [5.74, 6) is 0. The highest BCUT2D eigenvalue weighted by atomic mass is 15.2. The molecule has 0 radical (unpaired) electrons. The van der Waals surface area contributed by atoms with E-state index in [2.05, 4.69) is 38.0 Å². The first-order valence-corrected chi connectivity index (χ1v) is 7.51. The van der Waals surface area contributed by atoms with Crippen LogP contribution in [0.1, 0.15) is 65.7 Å². The van der Waals surface area contributed by atoms with E-state index in [1.807, 2.05) is 0 Å². The summed E-state index contributed by atoms with van der Waals surface area (Å²) in [6.45, 7) is 9.34. The maximum absolute atomic E-state index is 3.72. The Morgan fingerprint density at radius 3 is 2.41 bits per heavy atom. The van der Waals surface area contributed by atoms with Crippen LogP contribution in [0.15, 0.2) is 0 Å². The fourth-order valence-electron chi connectivity index (χ4n) is 2.50. The van der Waals surface area contributed by atoms with Gasteiger partial charge in [-0.3, -0.25) is 0 Å². The Morgan fingerprint density at radius 1 is 1.18 bits per heavy atom. The number of nitrogens with one attached hydrogen (secondary N) is 1. The first-order chi connectivity index (χ1) is 8.06. The Hall–Kier alpha value is -0.0800. The Kier molecular flexibility index (Phi) is 6.50. The summed E-state index contributed by atoms with van der Waals surface area (Å²) >= 11 is 0. The molecule has 1 N–H and O–H groups in total. The van der Waals surface area contributed by atoms with Gasteiger partial charge in [0.05, 0.1) is 0 Å². The van der Waals surface area contributed by atoms with E-state index in [0.29, 0.717) is 5.54 Å². The second kappa shape index (κ2) is 7.38. The van der Waals surface area contributed by atoms with Crippen LogP contribution >= 0.6 is 0 Å².